The van der Waals surface area contributed by atoms with Crippen LogP contribution >= 0.6 is 11.3 Å². The van der Waals surface area contributed by atoms with E-state index in [2.05, 4.69) is 14.8 Å². The normalized spacial score (nSPS) is 16.9. The number of aryl methyl sites for hydroxylation is 2. The van der Waals surface area contributed by atoms with Crippen molar-refractivity contribution in [1.82, 2.24) is 19.8 Å². The van der Waals surface area contributed by atoms with E-state index >= 15 is 0 Å². The van der Waals surface area contributed by atoms with Crippen molar-refractivity contribution in [3.8, 4) is 0 Å². The molecular formula is C27H26F2N4OS. The lowest BCUT2D eigenvalue weighted by Crippen LogP contribution is -2.47. The molecule has 0 saturated carbocycles. The number of rotatable bonds is 5. The maximum atomic E-state index is 13.6. The largest absolute Gasteiger partial charge is 0.309 e. The van der Waals surface area contributed by atoms with Gasteiger partial charge in [0.2, 0.25) is 0 Å². The van der Waals surface area contributed by atoms with Crippen molar-refractivity contribution in [1.29, 1.82) is 0 Å². The third-order valence-electron chi connectivity index (χ3n) is 7.14. The van der Waals surface area contributed by atoms with E-state index in [4.69, 9.17) is 4.98 Å². The molecule has 0 amide bonds. The number of hydrogen-bond donors (Lipinski definition) is 1. The van der Waals surface area contributed by atoms with Gasteiger partial charge in [-0.2, -0.15) is 0 Å². The number of piperazine rings is 1. The number of aromatic nitrogens is 2. The summed E-state index contributed by atoms with van der Waals surface area (Å²) in [6.07, 6.45) is 3.15. The second-order valence-electron chi connectivity index (χ2n) is 9.37. The number of fused-ring (bicyclic) bond motifs is 3. The van der Waals surface area contributed by atoms with Gasteiger partial charge in [-0.05, 0) is 60.2 Å². The topological polar surface area (TPSA) is 52.2 Å². The number of H-pyrrole nitrogens is 1. The Balaban J connectivity index is 1.19. The standard InChI is InChI=1S/C27H26F2N4OS/c28-19-8-4-17(5-9-19)25(18-6-10-20(29)11-7-18)33-14-12-32(13-15-33)16-23-30-26(34)24-21-2-1-3-22(21)35-27(24)31-23/h4-11,25H,1-3,12-16H2,(H,30,31,34). The molecule has 2 aliphatic rings. The second kappa shape index (κ2) is 9.26. The molecule has 4 aromatic rings. The van der Waals surface area contributed by atoms with E-state index in [1.165, 1.54) is 34.7 Å². The van der Waals surface area contributed by atoms with Crippen LogP contribution in [0.3, 0.4) is 0 Å². The van der Waals surface area contributed by atoms with Crippen molar-refractivity contribution >= 4 is 21.6 Å². The van der Waals surface area contributed by atoms with Gasteiger partial charge in [0.15, 0.2) is 0 Å². The van der Waals surface area contributed by atoms with Gasteiger partial charge >= 0.3 is 0 Å². The molecular weight excluding hydrogens is 466 g/mol. The fourth-order valence-corrected chi connectivity index (χ4v) is 6.70. The summed E-state index contributed by atoms with van der Waals surface area (Å²) in [7, 11) is 0. The first-order valence-electron chi connectivity index (χ1n) is 12.1. The molecule has 2 aromatic heterocycles. The van der Waals surface area contributed by atoms with E-state index < -0.39 is 0 Å². The third kappa shape index (κ3) is 4.42. The summed E-state index contributed by atoms with van der Waals surface area (Å²) in [5, 5.41) is 0.789. The molecule has 6 rings (SSSR count). The van der Waals surface area contributed by atoms with E-state index in [9.17, 15) is 13.6 Å². The highest BCUT2D eigenvalue weighted by Crippen LogP contribution is 2.35. The fraction of sp³-hybridized carbons (Fsp3) is 0.333. The van der Waals surface area contributed by atoms with Crippen LogP contribution in [0.15, 0.2) is 53.3 Å². The first-order chi connectivity index (χ1) is 17.0. The van der Waals surface area contributed by atoms with Gasteiger partial charge in [0.25, 0.3) is 5.56 Å². The summed E-state index contributed by atoms with van der Waals surface area (Å²) in [5.74, 6) is 0.168. The number of aromatic amines is 1. The van der Waals surface area contributed by atoms with E-state index in [-0.39, 0.29) is 23.2 Å². The van der Waals surface area contributed by atoms with Crippen molar-refractivity contribution in [3.63, 3.8) is 0 Å². The average molecular weight is 493 g/mol. The molecule has 35 heavy (non-hydrogen) atoms. The van der Waals surface area contributed by atoms with Crippen LogP contribution < -0.4 is 5.56 Å². The van der Waals surface area contributed by atoms with Crippen molar-refractivity contribution in [2.24, 2.45) is 0 Å². The average Bonchev–Trinajstić information content (AvgIpc) is 3.44. The van der Waals surface area contributed by atoms with Crippen LogP contribution in [0.25, 0.3) is 10.2 Å². The van der Waals surface area contributed by atoms with Crippen molar-refractivity contribution in [3.05, 3.63) is 97.9 Å². The van der Waals surface area contributed by atoms with Gasteiger partial charge in [-0.15, -0.1) is 11.3 Å². The number of thiophene rings is 1. The molecule has 0 bridgehead atoms. The molecule has 1 aliphatic heterocycles. The minimum Gasteiger partial charge on any atom is -0.309 e. The molecule has 0 spiro atoms. The molecule has 3 heterocycles. The van der Waals surface area contributed by atoms with Gasteiger partial charge in [0, 0.05) is 31.1 Å². The molecule has 1 saturated heterocycles. The predicted octanol–water partition coefficient (Wildman–Crippen LogP) is 4.66. The van der Waals surface area contributed by atoms with Crippen LogP contribution in [0, 0.1) is 11.6 Å². The number of hydrogen-bond acceptors (Lipinski definition) is 5. The Morgan fingerprint density at radius 2 is 1.54 bits per heavy atom. The van der Waals surface area contributed by atoms with E-state index in [0.717, 1.165) is 66.8 Å². The summed E-state index contributed by atoms with van der Waals surface area (Å²) in [6, 6.07) is 13.0. The Kier molecular flexibility index (Phi) is 5.96. The zero-order valence-electron chi connectivity index (χ0n) is 19.3. The maximum Gasteiger partial charge on any atom is 0.259 e. The van der Waals surface area contributed by atoms with Gasteiger partial charge in [0.1, 0.15) is 22.3 Å². The van der Waals surface area contributed by atoms with Gasteiger partial charge in [-0.3, -0.25) is 14.6 Å². The van der Waals surface area contributed by atoms with Gasteiger partial charge in [-0.25, -0.2) is 13.8 Å². The van der Waals surface area contributed by atoms with E-state index in [0.29, 0.717) is 12.4 Å². The van der Waals surface area contributed by atoms with Crippen LogP contribution in [0.2, 0.25) is 0 Å². The minimum atomic E-state index is -0.272. The first kappa shape index (κ1) is 22.5. The molecule has 1 fully saturated rings. The fourth-order valence-electron chi connectivity index (χ4n) is 5.42. The summed E-state index contributed by atoms with van der Waals surface area (Å²) in [6.45, 7) is 3.79. The number of halogens is 2. The number of nitrogens with zero attached hydrogens (tertiary/aromatic N) is 3. The smallest absolute Gasteiger partial charge is 0.259 e. The monoisotopic (exact) mass is 492 g/mol. The van der Waals surface area contributed by atoms with Gasteiger partial charge in [0.05, 0.1) is 18.0 Å². The van der Waals surface area contributed by atoms with Crippen LogP contribution in [0.4, 0.5) is 8.78 Å². The highest BCUT2D eigenvalue weighted by atomic mass is 32.1. The summed E-state index contributed by atoms with van der Waals surface area (Å²) in [4.78, 5) is 27.4. The maximum absolute atomic E-state index is 13.6. The van der Waals surface area contributed by atoms with Crippen molar-refractivity contribution in [2.75, 3.05) is 26.2 Å². The minimum absolute atomic E-state index is 0.0179. The van der Waals surface area contributed by atoms with Gasteiger partial charge < -0.3 is 4.98 Å². The Hall–Kier alpha value is -2.94. The van der Waals surface area contributed by atoms with Crippen LogP contribution in [-0.2, 0) is 19.4 Å². The molecule has 5 nitrogen and oxygen atoms in total. The zero-order valence-corrected chi connectivity index (χ0v) is 20.1. The highest BCUT2D eigenvalue weighted by molar-refractivity contribution is 7.18. The van der Waals surface area contributed by atoms with Crippen LogP contribution in [0.1, 0.15) is 39.9 Å². The lowest BCUT2D eigenvalue weighted by molar-refractivity contribution is 0.103. The molecule has 8 heteroatoms. The summed E-state index contributed by atoms with van der Waals surface area (Å²) >= 11 is 1.67. The Bertz CT molecular complexity index is 1360. The van der Waals surface area contributed by atoms with Crippen molar-refractivity contribution in [2.45, 2.75) is 31.8 Å². The Labute approximate surface area is 206 Å². The molecule has 2 aromatic carbocycles. The zero-order chi connectivity index (χ0) is 23.9. The Morgan fingerprint density at radius 1 is 0.914 bits per heavy atom. The number of benzene rings is 2. The Morgan fingerprint density at radius 3 is 2.17 bits per heavy atom. The van der Waals surface area contributed by atoms with Crippen LogP contribution in [0.5, 0.6) is 0 Å². The lowest BCUT2D eigenvalue weighted by atomic mass is 9.96. The molecule has 0 atom stereocenters. The van der Waals surface area contributed by atoms with E-state index in [1.807, 2.05) is 0 Å². The van der Waals surface area contributed by atoms with E-state index in [1.54, 1.807) is 35.6 Å². The molecule has 1 N–H and O–H groups in total. The molecule has 0 radical (unpaired) electrons. The molecule has 0 unspecified atom stereocenters. The summed E-state index contributed by atoms with van der Waals surface area (Å²) < 4.78 is 27.2. The molecule has 180 valence electrons. The summed E-state index contributed by atoms with van der Waals surface area (Å²) in [5.41, 5.74) is 3.14. The second-order valence-corrected chi connectivity index (χ2v) is 10.5. The first-order valence-corrected chi connectivity index (χ1v) is 12.9. The quantitative estimate of drug-likeness (QED) is 0.440. The highest BCUT2D eigenvalue weighted by Gasteiger charge is 2.27. The number of nitrogens with one attached hydrogen (secondary N) is 1. The van der Waals surface area contributed by atoms with Crippen LogP contribution in [-0.4, -0.2) is 45.9 Å². The lowest BCUT2D eigenvalue weighted by Gasteiger charge is -2.39. The van der Waals surface area contributed by atoms with Crippen molar-refractivity contribution < 1.29 is 8.78 Å². The third-order valence-corrected chi connectivity index (χ3v) is 8.33. The predicted molar refractivity (Wildman–Crippen MR) is 134 cm³/mol. The molecule has 1 aliphatic carbocycles. The SMILES string of the molecule is O=c1[nH]c(CN2CCN(C(c3ccc(F)cc3)c3ccc(F)cc3)CC2)nc2sc3c(c12)CCC3. The van der Waals surface area contributed by atoms with Gasteiger partial charge in [-0.1, -0.05) is 24.3 Å².